The van der Waals surface area contributed by atoms with Crippen molar-refractivity contribution in [2.45, 2.75) is 78.6 Å². The van der Waals surface area contributed by atoms with E-state index in [1.807, 2.05) is 0 Å². The molecule has 0 aliphatic carbocycles. The summed E-state index contributed by atoms with van der Waals surface area (Å²) in [5.74, 6) is 0. The number of hydrogen-bond acceptors (Lipinski definition) is 2. The van der Waals surface area contributed by atoms with Crippen molar-refractivity contribution in [3.05, 3.63) is 176 Å². The van der Waals surface area contributed by atoms with Crippen LogP contribution in [-0.2, 0) is 37.1 Å². The standard InChI is InChI=1S/C54H36B2F18N2/c1-25-15-27(3)45(28(4)16-25)55-39-23-40-44(24-43(39)75(35-11-7-31(8-12-35)49(57,58)59)47-37(53(69,70)71)19-33(21-41(47)55)51(63,64)65)76(36-13-9-32(10-14-36)50(60,61)62)48-38(54(72,73)74)20-34(52(66,67)68)22-42(48)56(40)46-29(5)17-26(2)18-30(46)6/h7-24H,1-6H3. The topological polar surface area (TPSA) is 6.48 Å². The fourth-order valence-corrected chi connectivity index (χ4v) is 11.1. The lowest BCUT2D eigenvalue weighted by Gasteiger charge is -2.44. The third-order valence-electron chi connectivity index (χ3n) is 13.9. The minimum atomic E-state index is -5.67. The Morgan fingerprint density at radius 3 is 0.855 bits per heavy atom. The molecule has 2 aliphatic rings. The minimum Gasteiger partial charge on any atom is -0.311 e. The Balaban J connectivity index is 1.55. The average molecular weight is 1080 g/mol. The van der Waals surface area contributed by atoms with Crippen LogP contribution in [0.5, 0.6) is 0 Å². The van der Waals surface area contributed by atoms with Gasteiger partial charge in [-0.2, -0.15) is 79.0 Å². The van der Waals surface area contributed by atoms with Gasteiger partial charge in [0.05, 0.1) is 44.8 Å². The molecule has 0 aromatic heterocycles. The van der Waals surface area contributed by atoms with Crippen LogP contribution < -0.4 is 42.6 Å². The number of fused-ring (bicyclic) bond motifs is 4. The molecule has 76 heavy (non-hydrogen) atoms. The van der Waals surface area contributed by atoms with E-state index in [2.05, 4.69) is 0 Å². The summed E-state index contributed by atoms with van der Waals surface area (Å²) in [5, 5.41) is 0. The summed E-state index contributed by atoms with van der Waals surface area (Å²) in [6.45, 7) is 5.99. The number of hydrogen-bond donors (Lipinski definition) is 0. The number of nitrogens with zero attached hydrogens (tertiary/aromatic N) is 2. The van der Waals surface area contributed by atoms with Gasteiger partial charge in [-0.25, -0.2) is 0 Å². The van der Waals surface area contributed by atoms with Gasteiger partial charge < -0.3 is 9.80 Å². The Hall–Kier alpha value is -6.99. The van der Waals surface area contributed by atoms with Gasteiger partial charge >= 0.3 is 37.1 Å². The molecule has 0 saturated heterocycles. The third kappa shape index (κ3) is 9.32. The summed E-state index contributed by atoms with van der Waals surface area (Å²) in [6, 6.07) is 14.1. The fraction of sp³-hybridized carbons (Fsp3) is 0.222. The average Bonchev–Trinajstić information content (AvgIpc) is 3.33. The first kappa shape index (κ1) is 53.8. The van der Waals surface area contributed by atoms with Gasteiger partial charge in [-0.1, -0.05) is 86.8 Å². The van der Waals surface area contributed by atoms with Crippen LogP contribution >= 0.6 is 0 Å². The molecule has 2 heterocycles. The van der Waals surface area contributed by atoms with Crippen molar-refractivity contribution in [1.29, 1.82) is 0 Å². The van der Waals surface area contributed by atoms with Gasteiger partial charge in [0.1, 0.15) is 0 Å². The molecule has 0 unspecified atom stereocenters. The number of halogens is 18. The highest BCUT2D eigenvalue weighted by Crippen LogP contribution is 2.51. The van der Waals surface area contributed by atoms with Crippen molar-refractivity contribution in [3.8, 4) is 0 Å². The van der Waals surface area contributed by atoms with Crippen molar-refractivity contribution in [2.24, 2.45) is 0 Å². The van der Waals surface area contributed by atoms with Crippen LogP contribution in [0.25, 0.3) is 0 Å². The lowest BCUT2D eigenvalue weighted by molar-refractivity contribution is -0.144. The molecule has 2 nitrogen and oxygen atoms in total. The molecule has 0 radical (unpaired) electrons. The van der Waals surface area contributed by atoms with Crippen LogP contribution in [0.3, 0.4) is 0 Å². The number of alkyl halides is 18. The monoisotopic (exact) mass is 1080 g/mol. The van der Waals surface area contributed by atoms with Crippen molar-refractivity contribution < 1.29 is 79.0 Å². The predicted molar refractivity (Wildman–Crippen MR) is 256 cm³/mol. The van der Waals surface area contributed by atoms with Gasteiger partial charge in [-0.15, -0.1) is 0 Å². The summed E-state index contributed by atoms with van der Waals surface area (Å²) in [4.78, 5) is 1.44. The van der Waals surface area contributed by atoms with Crippen LogP contribution in [0.1, 0.15) is 66.8 Å². The van der Waals surface area contributed by atoms with E-state index in [1.165, 1.54) is 33.8 Å². The van der Waals surface area contributed by atoms with Crippen LogP contribution in [0.2, 0.25) is 0 Å². The zero-order valence-corrected chi connectivity index (χ0v) is 40.2. The molecule has 0 bridgehead atoms. The van der Waals surface area contributed by atoms with E-state index in [0.29, 0.717) is 69.8 Å². The quantitative estimate of drug-likeness (QED) is 0.128. The summed E-state index contributed by atoms with van der Waals surface area (Å²) >= 11 is 0. The van der Waals surface area contributed by atoms with Crippen molar-refractivity contribution >= 4 is 80.3 Å². The first-order chi connectivity index (χ1) is 35.0. The van der Waals surface area contributed by atoms with Gasteiger partial charge in [-0.05, 0) is 130 Å². The highest BCUT2D eigenvalue weighted by Gasteiger charge is 2.51. The lowest BCUT2D eigenvalue weighted by atomic mass is 9.30. The van der Waals surface area contributed by atoms with E-state index >= 15 is 52.7 Å². The van der Waals surface area contributed by atoms with Crippen LogP contribution in [0.4, 0.5) is 113 Å². The van der Waals surface area contributed by atoms with E-state index in [4.69, 9.17) is 0 Å². The normalized spacial score (nSPS) is 14.2. The third-order valence-corrected chi connectivity index (χ3v) is 13.9. The Morgan fingerprint density at radius 1 is 0.303 bits per heavy atom. The van der Waals surface area contributed by atoms with Crippen molar-refractivity contribution in [1.82, 2.24) is 0 Å². The Labute approximate surface area is 422 Å². The maximum atomic E-state index is 15.8. The number of aryl methyl sites for hydroxylation is 6. The molecular formula is C54H36B2F18N2. The molecule has 22 heteroatoms. The second-order valence-corrected chi connectivity index (χ2v) is 19.1. The maximum absolute atomic E-state index is 15.8. The smallest absolute Gasteiger partial charge is 0.311 e. The van der Waals surface area contributed by atoms with Crippen molar-refractivity contribution in [3.63, 3.8) is 0 Å². The Bertz CT molecular complexity index is 3200. The van der Waals surface area contributed by atoms with Crippen LogP contribution in [-0.4, -0.2) is 13.4 Å². The molecular weight excluding hydrogens is 1040 g/mol. The molecule has 2 aliphatic heterocycles. The van der Waals surface area contributed by atoms with Crippen LogP contribution in [0, 0.1) is 41.5 Å². The second kappa shape index (κ2) is 17.8. The number of benzene rings is 7. The van der Waals surface area contributed by atoms with E-state index in [1.54, 1.807) is 38.1 Å². The highest BCUT2D eigenvalue weighted by atomic mass is 19.4. The van der Waals surface area contributed by atoms with E-state index in [-0.39, 0.29) is 34.0 Å². The molecule has 0 N–H and O–H groups in total. The second-order valence-electron chi connectivity index (χ2n) is 19.1. The van der Waals surface area contributed by atoms with Gasteiger partial charge in [-0.3, -0.25) is 0 Å². The van der Waals surface area contributed by atoms with E-state index in [9.17, 15) is 26.3 Å². The molecule has 0 spiro atoms. The fourth-order valence-electron chi connectivity index (χ4n) is 11.1. The van der Waals surface area contributed by atoms with Crippen LogP contribution in [0.15, 0.2) is 109 Å². The first-order valence-corrected chi connectivity index (χ1v) is 22.9. The number of anilines is 6. The maximum Gasteiger partial charge on any atom is 0.418 e. The lowest BCUT2D eigenvalue weighted by Crippen LogP contribution is -2.63. The molecule has 0 fully saturated rings. The van der Waals surface area contributed by atoms with Gasteiger partial charge in [0, 0.05) is 22.7 Å². The molecule has 394 valence electrons. The molecule has 9 rings (SSSR count). The molecule has 0 saturated carbocycles. The number of rotatable bonds is 4. The molecule has 0 amide bonds. The van der Waals surface area contributed by atoms with E-state index in [0.717, 1.165) is 40.1 Å². The summed E-state index contributed by atoms with van der Waals surface area (Å²) in [5.41, 5.74) is -13.1. The SMILES string of the molecule is Cc1cc(C)c(B2c3cc4c(cc3N(c3ccc(C(F)(F)F)cc3)c3c2cc(C(F)(F)F)cc3C(F)(F)F)N(c2ccc(C(F)(F)F)cc2)c2c(cc(C(F)(F)F)cc2C(F)(F)F)B4c2c(C)cc(C)cc2C)c(C)c1. The Kier molecular flexibility index (Phi) is 12.6. The Morgan fingerprint density at radius 2 is 0.592 bits per heavy atom. The minimum absolute atomic E-state index is 0.126. The molecule has 0 atom stereocenters. The van der Waals surface area contributed by atoms with Crippen molar-refractivity contribution in [2.75, 3.05) is 9.80 Å². The highest BCUT2D eigenvalue weighted by molar-refractivity contribution is 7.01. The first-order valence-electron chi connectivity index (χ1n) is 22.9. The predicted octanol–water partition coefficient (Wildman–Crippen LogP) is 14.2. The summed E-state index contributed by atoms with van der Waals surface area (Å²) in [6.07, 6.45) is -32.3. The zero-order valence-electron chi connectivity index (χ0n) is 40.2. The van der Waals surface area contributed by atoms with E-state index < -0.39 is 129 Å². The molecule has 7 aromatic rings. The summed E-state index contributed by atoms with van der Waals surface area (Å²) in [7, 11) is 0. The largest absolute Gasteiger partial charge is 0.418 e. The van der Waals surface area contributed by atoms with Gasteiger partial charge in [0.25, 0.3) is 0 Å². The van der Waals surface area contributed by atoms with Gasteiger partial charge in [0.15, 0.2) is 0 Å². The zero-order chi connectivity index (χ0) is 55.9. The van der Waals surface area contributed by atoms with Gasteiger partial charge in [0.2, 0.25) is 13.4 Å². The summed E-state index contributed by atoms with van der Waals surface area (Å²) < 4.78 is 270. The molecule has 7 aromatic carbocycles.